The summed E-state index contributed by atoms with van der Waals surface area (Å²) in [5.41, 5.74) is 4.24. The molecule has 0 radical (unpaired) electrons. The molecule has 2 rings (SSSR count). The van der Waals surface area contributed by atoms with Crippen LogP contribution in [0.25, 0.3) is 0 Å². The first kappa shape index (κ1) is 14.8. The average molecular weight is 267 g/mol. The molecule has 2 atom stereocenters. The molecule has 1 N–H and O–H groups in total. The maximum atomic E-state index is 3.66. The van der Waals surface area contributed by atoms with Crippen molar-refractivity contribution < 1.29 is 0 Å². The van der Waals surface area contributed by atoms with Gasteiger partial charge in [0.05, 0.1) is 0 Å². The second kappa shape index (κ2) is 7.25. The lowest BCUT2D eigenvalue weighted by Crippen LogP contribution is -2.35. The zero-order valence-corrected chi connectivity index (χ0v) is 12.8. The Labute approximate surface area is 123 Å². The van der Waals surface area contributed by atoms with Crippen molar-refractivity contribution in [3.63, 3.8) is 0 Å². The summed E-state index contributed by atoms with van der Waals surface area (Å²) in [7, 11) is 0. The predicted octanol–water partition coefficient (Wildman–Crippen LogP) is 4.32. The van der Waals surface area contributed by atoms with E-state index in [2.05, 4.69) is 80.7 Å². The number of likely N-dealkylation sites (N-methyl/N-ethyl adjacent to an activating group) is 1. The Morgan fingerprint density at radius 3 is 2.25 bits per heavy atom. The van der Waals surface area contributed by atoms with E-state index in [9.17, 15) is 0 Å². The molecule has 2 unspecified atom stereocenters. The third-order valence-corrected chi connectivity index (χ3v) is 4.10. The zero-order chi connectivity index (χ0) is 14.4. The molecule has 2 aromatic carbocycles. The van der Waals surface area contributed by atoms with Gasteiger partial charge >= 0.3 is 0 Å². The molecule has 20 heavy (non-hydrogen) atoms. The highest BCUT2D eigenvalue weighted by molar-refractivity contribution is 5.28. The molecule has 106 valence electrons. The number of rotatable bonds is 6. The Hall–Kier alpha value is -1.60. The number of nitrogens with one attached hydrogen (secondary N) is 1. The first-order chi connectivity index (χ1) is 9.72. The van der Waals surface area contributed by atoms with Crippen LogP contribution in [0.2, 0.25) is 0 Å². The fourth-order valence-corrected chi connectivity index (χ4v) is 2.75. The maximum absolute atomic E-state index is 3.66. The molecule has 0 heterocycles. The van der Waals surface area contributed by atoms with Crippen molar-refractivity contribution in [1.82, 2.24) is 5.32 Å². The van der Waals surface area contributed by atoms with E-state index >= 15 is 0 Å². The van der Waals surface area contributed by atoms with Crippen molar-refractivity contribution in [3.05, 3.63) is 71.3 Å². The fraction of sp³-hybridized carbons (Fsp3) is 0.368. The predicted molar refractivity (Wildman–Crippen MR) is 87.2 cm³/mol. The minimum absolute atomic E-state index is 0.475. The van der Waals surface area contributed by atoms with Gasteiger partial charge in [-0.05, 0) is 42.5 Å². The molecule has 1 nitrogen and oxygen atoms in total. The Morgan fingerprint density at radius 1 is 0.950 bits per heavy atom. The zero-order valence-electron chi connectivity index (χ0n) is 12.8. The number of benzene rings is 2. The number of aryl methyl sites for hydroxylation is 1. The highest BCUT2D eigenvalue weighted by Crippen LogP contribution is 2.22. The van der Waals surface area contributed by atoms with Gasteiger partial charge in [0.25, 0.3) is 0 Å². The van der Waals surface area contributed by atoms with Crippen molar-refractivity contribution in [1.29, 1.82) is 0 Å². The van der Waals surface area contributed by atoms with Crippen LogP contribution >= 0.6 is 0 Å². The van der Waals surface area contributed by atoms with Gasteiger partial charge in [0, 0.05) is 6.04 Å². The molecule has 0 aliphatic rings. The summed E-state index contributed by atoms with van der Waals surface area (Å²) in [4.78, 5) is 0. The van der Waals surface area contributed by atoms with Crippen LogP contribution in [0.1, 0.15) is 36.5 Å². The standard InChI is InChI=1S/C19H25N/c1-4-20-19(14-18-13-9-8-10-15(18)2)16(3)17-11-6-5-7-12-17/h5-13,16,19-20H,4,14H2,1-3H3. The third-order valence-electron chi connectivity index (χ3n) is 4.10. The topological polar surface area (TPSA) is 12.0 Å². The van der Waals surface area contributed by atoms with E-state index in [4.69, 9.17) is 0 Å². The average Bonchev–Trinajstić information content (AvgIpc) is 2.49. The van der Waals surface area contributed by atoms with Crippen molar-refractivity contribution in [2.45, 2.75) is 39.2 Å². The van der Waals surface area contributed by atoms with Crippen LogP contribution in [0.3, 0.4) is 0 Å². The summed E-state index contributed by atoms with van der Waals surface area (Å²) in [6.07, 6.45) is 1.08. The van der Waals surface area contributed by atoms with Gasteiger partial charge in [0.2, 0.25) is 0 Å². The molecule has 0 fully saturated rings. The van der Waals surface area contributed by atoms with E-state index in [1.165, 1.54) is 16.7 Å². The summed E-state index contributed by atoms with van der Waals surface area (Å²) < 4.78 is 0. The molecular weight excluding hydrogens is 242 g/mol. The molecule has 0 saturated heterocycles. The molecule has 2 aromatic rings. The molecule has 0 aliphatic heterocycles. The molecule has 0 saturated carbocycles. The minimum atomic E-state index is 0.475. The normalized spacial score (nSPS) is 13.9. The largest absolute Gasteiger partial charge is 0.313 e. The number of hydrogen-bond donors (Lipinski definition) is 1. The molecule has 0 bridgehead atoms. The summed E-state index contributed by atoms with van der Waals surface area (Å²) >= 11 is 0. The summed E-state index contributed by atoms with van der Waals surface area (Å²) in [6.45, 7) is 7.71. The highest BCUT2D eigenvalue weighted by Gasteiger charge is 2.18. The van der Waals surface area contributed by atoms with E-state index in [1.54, 1.807) is 0 Å². The summed E-state index contributed by atoms with van der Waals surface area (Å²) in [6, 6.07) is 20.0. The van der Waals surface area contributed by atoms with Gasteiger partial charge in [-0.2, -0.15) is 0 Å². The maximum Gasteiger partial charge on any atom is 0.0173 e. The Bertz CT molecular complexity index is 518. The molecule has 0 aromatic heterocycles. The third kappa shape index (κ3) is 3.71. The SMILES string of the molecule is CCNC(Cc1ccccc1C)C(C)c1ccccc1. The van der Waals surface area contributed by atoms with Gasteiger partial charge in [-0.1, -0.05) is 68.4 Å². The first-order valence-electron chi connectivity index (χ1n) is 7.55. The van der Waals surface area contributed by atoms with Crippen LogP contribution in [-0.2, 0) is 6.42 Å². The van der Waals surface area contributed by atoms with Crippen molar-refractivity contribution in [2.75, 3.05) is 6.54 Å². The van der Waals surface area contributed by atoms with Gasteiger partial charge in [-0.3, -0.25) is 0 Å². The Kier molecular flexibility index (Phi) is 5.37. The lowest BCUT2D eigenvalue weighted by atomic mass is 9.88. The monoisotopic (exact) mass is 267 g/mol. The van der Waals surface area contributed by atoms with Crippen LogP contribution in [0.5, 0.6) is 0 Å². The minimum Gasteiger partial charge on any atom is -0.313 e. The van der Waals surface area contributed by atoms with Crippen molar-refractivity contribution in [3.8, 4) is 0 Å². The van der Waals surface area contributed by atoms with E-state index < -0.39 is 0 Å². The van der Waals surface area contributed by atoms with Crippen molar-refractivity contribution >= 4 is 0 Å². The van der Waals surface area contributed by atoms with Crippen molar-refractivity contribution in [2.24, 2.45) is 0 Å². The first-order valence-corrected chi connectivity index (χ1v) is 7.55. The van der Waals surface area contributed by atoms with Gasteiger partial charge in [-0.25, -0.2) is 0 Å². The molecule has 0 aliphatic carbocycles. The summed E-state index contributed by atoms with van der Waals surface area (Å²) in [5.74, 6) is 0.510. The van der Waals surface area contributed by atoms with Crippen LogP contribution in [-0.4, -0.2) is 12.6 Å². The highest BCUT2D eigenvalue weighted by atomic mass is 14.9. The van der Waals surface area contributed by atoms with E-state index in [1.807, 2.05) is 0 Å². The molecular formula is C19H25N. The quantitative estimate of drug-likeness (QED) is 0.822. The summed E-state index contributed by atoms with van der Waals surface area (Å²) in [5, 5.41) is 3.66. The van der Waals surface area contributed by atoms with Crippen LogP contribution in [0.15, 0.2) is 54.6 Å². The van der Waals surface area contributed by atoms with E-state index in [-0.39, 0.29) is 0 Å². The van der Waals surface area contributed by atoms with Gasteiger partial charge in [-0.15, -0.1) is 0 Å². The smallest absolute Gasteiger partial charge is 0.0173 e. The molecule has 0 amide bonds. The van der Waals surface area contributed by atoms with E-state index in [0.717, 1.165) is 13.0 Å². The molecule has 1 heteroatoms. The van der Waals surface area contributed by atoms with Crippen LogP contribution in [0, 0.1) is 6.92 Å². The molecule has 0 spiro atoms. The van der Waals surface area contributed by atoms with Crippen LogP contribution < -0.4 is 5.32 Å². The van der Waals surface area contributed by atoms with Gasteiger partial charge in [0.1, 0.15) is 0 Å². The van der Waals surface area contributed by atoms with E-state index in [0.29, 0.717) is 12.0 Å². The van der Waals surface area contributed by atoms with Gasteiger partial charge < -0.3 is 5.32 Å². The second-order valence-corrected chi connectivity index (χ2v) is 5.49. The fourth-order valence-electron chi connectivity index (χ4n) is 2.75. The lowest BCUT2D eigenvalue weighted by Gasteiger charge is -2.26. The van der Waals surface area contributed by atoms with Gasteiger partial charge in [0.15, 0.2) is 0 Å². The Morgan fingerprint density at radius 2 is 1.60 bits per heavy atom. The Balaban J connectivity index is 2.17. The van der Waals surface area contributed by atoms with Crippen LogP contribution in [0.4, 0.5) is 0 Å². The number of hydrogen-bond acceptors (Lipinski definition) is 1. The second-order valence-electron chi connectivity index (χ2n) is 5.49. The lowest BCUT2D eigenvalue weighted by molar-refractivity contribution is 0.457.